The van der Waals surface area contributed by atoms with Crippen LogP contribution in [-0.4, -0.2) is 24.8 Å². The van der Waals surface area contributed by atoms with E-state index in [2.05, 4.69) is 5.10 Å². The van der Waals surface area contributed by atoms with Crippen molar-refractivity contribution in [3.8, 4) is 0 Å². The molecule has 2 aromatic rings. The summed E-state index contributed by atoms with van der Waals surface area (Å²) in [5.41, 5.74) is 3.93. The number of rotatable bonds is 3. The van der Waals surface area contributed by atoms with Gasteiger partial charge in [-0.25, -0.2) is 8.42 Å². The van der Waals surface area contributed by atoms with Crippen molar-refractivity contribution in [1.82, 2.24) is 4.41 Å². The van der Waals surface area contributed by atoms with Gasteiger partial charge in [0.2, 0.25) is 10.0 Å². The molecule has 0 amide bonds. The highest BCUT2D eigenvalue weighted by molar-refractivity contribution is 7.88. The molecule has 0 aliphatic carbocycles. The molecular formula is C15H16N2O2S2. The summed E-state index contributed by atoms with van der Waals surface area (Å²) >= 11 is 1.59. The molecule has 0 saturated heterocycles. The minimum absolute atomic E-state index is 0.255. The minimum Gasteiger partial charge on any atom is -0.205 e. The van der Waals surface area contributed by atoms with E-state index in [-0.39, 0.29) is 6.04 Å². The van der Waals surface area contributed by atoms with Gasteiger partial charge in [0, 0.05) is 12.0 Å². The van der Waals surface area contributed by atoms with Crippen LogP contribution >= 0.6 is 11.3 Å². The zero-order valence-electron chi connectivity index (χ0n) is 11.9. The van der Waals surface area contributed by atoms with E-state index in [1.165, 1.54) is 10.7 Å². The van der Waals surface area contributed by atoms with Crippen LogP contribution in [0, 0.1) is 6.92 Å². The van der Waals surface area contributed by atoms with Crippen LogP contribution in [0.25, 0.3) is 0 Å². The molecule has 6 heteroatoms. The molecule has 21 heavy (non-hydrogen) atoms. The van der Waals surface area contributed by atoms with Crippen LogP contribution in [0.2, 0.25) is 0 Å². The van der Waals surface area contributed by atoms with Gasteiger partial charge in [-0.1, -0.05) is 29.8 Å². The van der Waals surface area contributed by atoms with Crippen LogP contribution in [0.1, 0.15) is 29.2 Å². The van der Waals surface area contributed by atoms with E-state index in [1.54, 1.807) is 11.3 Å². The fourth-order valence-electron chi connectivity index (χ4n) is 2.52. The van der Waals surface area contributed by atoms with Gasteiger partial charge in [-0.05, 0) is 29.3 Å². The van der Waals surface area contributed by atoms with Crippen molar-refractivity contribution in [3.05, 3.63) is 57.8 Å². The summed E-state index contributed by atoms with van der Waals surface area (Å²) in [6, 6.07) is 9.66. The SMILES string of the molecule is Cc1cccc([C@@H]2CC(c3ccsc3)=NN2S(C)(=O)=O)c1. The molecule has 1 aliphatic heterocycles. The lowest BCUT2D eigenvalue weighted by Gasteiger charge is -2.21. The maximum Gasteiger partial charge on any atom is 0.247 e. The molecule has 2 heterocycles. The van der Waals surface area contributed by atoms with Crippen molar-refractivity contribution in [3.63, 3.8) is 0 Å². The van der Waals surface area contributed by atoms with Gasteiger partial charge in [0.15, 0.2) is 0 Å². The summed E-state index contributed by atoms with van der Waals surface area (Å²) < 4.78 is 25.3. The number of thiophene rings is 1. The number of benzene rings is 1. The predicted molar refractivity (Wildman–Crippen MR) is 86.1 cm³/mol. The van der Waals surface area contributed by atoms with Gasteiger partial charge in [0.05, 0.1) is 18.0 Å². The summed E-state index contributed by atoms with van der Waals surface area (Å²) in [5.74, 6) is 0. The Morgan fingerprint density at radius 2 is 2.14 bits per heavy atom. The average molecular weight is 320 g/mol. The molecule has 0 N–H and O–H groups in total. The highest BCUT2D eigenvalue weighted by atomic mass is 32.2. The summed E-state index contributed by atoms with van der Waals surface area (Å²) in [5, 5.41) is 8.33. The first-order chi connectivity index (χ1) is 9.95. The van der Waals surface area contributed by atoms with Gasteiger partial charge in [-0.15, -0.1) is 0 Å². The Morgan fingerprint density at radius 3 is 2.76 bits per heavy atom. The molecule has 1 aliphatic rings. The Labute approximate surface area is 128 Å². The fourth-order valence-corrected chi connectivity index (χ4v) is 4.09. The topological polar surface area (TPSA) is 49.7 Å². The molecule has 0 spiro atoms. The lowest BCUT2D eigenvalue weighted by atomic mass is 9.99. The molecule has 0 fully saturated rings. The Bertz CT molecular complexity index is 780. The van der Waals surface area contributed by atoms with E-state index in [0.717, 1.165) is 22.4 Å². The van der Waals surface area contributed by atoms with Gasteiger partial charge in [0.1, 0.15) is 0 Å². The second-order valence-electron chi connectivity index (χ2n) is 5.23. The Morgan fingerprint density at radius 1 is 1.33 bits per heavy atom. The summed E-state index contributed by atoms with van der Waals surface area (Å²) in [6.07, 6.45) is 1.81. The number of sulfonamides is 1. The van der Waals surface area contributed by atoms with Crippen LogP contribution in [0.4, 0.5) is 0 Å². The summed E-state index contributed by atoms with van der Waals surface area (Å²) in [6.45, 7) is 2.00. The number of nitrogens with zero attached hydrogens (tertiary/aromatic N) is 2. The van der Waals surface area contributed by atoms with Crippen LogP contribution < -0.4 is 0 Å². The molecule has 1 aromatic heterocycles. The molecule has 4 nitrogen and oxygen atoms in total. The van der Waals surface area contributed by atoms with Gasteiger partial charge in [-0.2, -0.15) is 20.9 Å². The zero-order chi connectivity index (χ0) is 15.0. The Hall–Kier alpha value is -1.66. The van der Waals surface area contributed by atoms with E-state index in [9.17, 15) is 8.42 Å². The molecule has 0 saturated carbocycles. The quantitative estimate of drug-likeness (QED) is 0.872. The number of hydrogen-bond acceptors (Lipinski definition) is 4. The fraction of sp³-hybridized carbons (Fsp3) is 0.267. The third-order valence-electron chi connectivity index (χ3n) is 3.49. The van der Waals surface area contributed by atoms with Gasteiger partial charge >= 0.3 is 0 Å². The van der Waals surface area contributed by atoms with E-state index in [1.807, 2.05) is 48.0 Å². The van der Waals surface area contributed by atoms with Crippen LogP contribution in [0.3, 0.4) is 0 Å². The number of aryl methyl sites for hydroxylation is 1. The molecule has 0 bridgehead atoms. The Balaban J connectivity index is 2.02. The van der Waals surface area contributed by atoms with E-state index >= 15 is 0 Å². The van der Waals surface area contributed by atoms with Crippen molar-refractivity contribution in [2.45, 2.75) is 19.4 Å². The third kappa shape index (κ3) is 2.87. The van der Waals surface area contributed by atoms with Gasteiger partial charge in [-0.3, -0.25) is 0 Å². The standard InChI is InChI=1S/C15H16N2O2S2/c1-11-4-3-5-12(8-11)15-9-14(13-6-7-20-10-13)16-17(15)21(2,18)19/h3-8,10,15H,9H2,1-2H3/t15-/m0/s1. The molecule has 1 atom stereocenters. The Kier molecular flexibility index (Phi) is 3.59. The lowest BCUT2D eigenvalue weighted by molar-refractivity contribution is 0.374. The summed E-state index contributed by atoms with van der Waals surface area (Å²) in [4.78, 5) is 0. The summed E-state index contributed by atoms with van der Waals surface area (Å²) in [7, 11) is -3.39. The molecule has 1 aromatic carbocycles. The first-order valence-corrected chi connectivity index (χ1v) is 9.40. The number of hydrogen-bond donors (Lipinski definition) is 0. The molecule has 0 radical (unpaired) electrons. The first kappa shape index (κ1) is 14.3. The van der Waals surface area contributed by atoms with Crippen molar-refractivity contribution in [2.24, 2.45) is 5.10 Å². The van der Waals surface area contributed by atoms with Gasteiger partial charge in [0.25, 0.3) is 0 Å². The molecule has 110 valence electrons. The zero-order valence-corrected chi connectivity index (χ0v) is 13.5. The monoisotopic (exact) mass is 320 g/mol. The minimum atomic E-state index is -3.39. The largest absolute Gasteiger partial charge is 0.247 e. The second-order valence-corrected chi connectivity index (χ2v) is 7.85. The third-order valence-corrected chi connectivity index (χ3v) is 5.19. The second kappa shape index (κ2) is 5.27. The van der Waals surface area contributed by atoms with E-state index in [4.69, 9.17) is 0 Å². The average Bonchev–Trinajstić information content (AvgIpc) is 3.07. The highest BCUT2D eigenvalue weighted by Gasteiger charge is 2.34. The smallest absolute Gasteiger partial charge is 0.205 e. The van der Waals surface area contributed by atoms with Crippen molar-refractivity contribution >= 4 is 27.1 Å². The highest BCUT2D eigenvalue weighted by Crippen LogP contribution is 2.35. The van der Waals surface area contributed by atoms with Gasteiger partial charge < -0.3 is 0 Å². The van der Waals surface area contributed by atoms with Crippen LogP contribution in [0.5, 0.6) is 0 Å². The van der Waals surface area contributed by atoms with Crippen molar-refractivity contribution in [1.29, 1.82) is 0 Å². The van der Waals surface area contributed by atoms with Crippen LogP contribution in [-0.2, 0) is 10.0 Å². The van der Waals surface area contributed by atoms with Crippen molar-refractivity contribution in [2.75, 3.05) is 6.26 Å². The maximum atomic E-state index is 12.0. The normalized spacial score (nSPS) is 18.9. The maximum absolute atomic E-state index is 12.0. The number of hydrazone groups is 1. The molecule has 3 rings (SSSR count). The van der Waals surface area contributed by atoms with Crippen molar-refractivity contribution < 1.29 is 8.42 Å². The van der Waals surface area contributed by atoms with E-state index < -0.39 is 10.0 Å². The lowest BCUT2D eigenvalue weighted by Crippen LogP contribution is -2.25. The van der Waals surface area contributed by atoms with Crippen LogP contribution in [0.15, 0.2) is 46.2 Å². The van der Waals surface area contributed by atoms with E-state index in [0.29, 0.717) is 6.42 Å². The first-order valence-electron chi connectivity index (χ1n) is 6.61. The predicted octanol–water partition coefficient (Wildman–Crippen LogP) is 3.17. The molecular weight excluding hydrogens is 304 g/mol. The molecule has 0 unspecified atom stereocenters.